The Morgan fingerprint density at radius 3 is 2.54 bits per heavy atom. The predicted octanol–water partition coefficient (Wildman–Crippen LogP) is 4.45. The molecule has 0 radical (unpaired) electrons. The van der Waals surface area contributed by atoms with Gasteiger partial charge in [0.05, 0.1) is 23.4 Å². The lowest BCUT2D eigenvalue weighted by molar-refractivity contribution is -0.196. The van der Waals surface area contributed by atoms with E-state index in [0.29, 0.717) is 38.6 Å². The first-order valence-corrected chi connectivity index (χ1v) is 16.4. The highest BCUT2D eigenvalue weighted by molar-refractivity contribution is 6.00. The monoisotopic (exact) mass is 574 g/mol. The van der Waals surface area contributed by atoms with E-state index in [1.807, 2.05) is 0 Å². The van der Waals surface area contributed by atoms with Gasteiger partial charge in [0.25, 0.3) is 0 Å². The first-order chi connectivity index (χ1) is 19.3. The lowest BCUT2D eigenvalue weighted by Crippen LogP contribution is -2.65. The van der Waals surface area contributed by atoms with Crippen LogP contribution in [0.25, 0.3) is 0 Å². The van der Waals surface area contributed by atoms with Crippen molar-refractivity contribution >= 4 is 5.78 Å². The fourth-order valence-corrected chi connectivity index (χ4v) is 11.0. The number of hydrogen-bond donors (Lipinski definition) is 3. The van der Waals surface area contributed by atoms with Gasteiger partial charge >= 0.3 is 0 Å². The summed E-state index contributed by atoms with van der Waals surface area (Å²) in [5.41, 5.74) is -1.48. The Morgan fingerprint density at radius 1 is 1.10 bits per heavy atom. The van der Waals surface area contributed by atoms with E-state index in [1.165, 1.54) is 0 Å². The van der Waals surface area contributed by atoms with E-state index in [9.17, 15) is 20.1 Å². The molecule has 5 aliphatic carbocycles. The number of carbonyl (C=O) groups is 1. The van der Waals surface area contributed by atoms with Crippen molar-refractivity contribution < 1.29 is 34.3 Å². The molecular formula is C34H54O7. The summed E-state index contributed by atoms with van der Waals surface area (Å²) in [6.45, 7) is 12.4. The molecule has 41 heavy (non-hydrogen) atoms. The number of Topliss-reactive ketones (excluding diaryl/α,β-unsaturated/α-hetero) is 1. The smallest absolute Gasteiger partial charge is 0.162 e. The summed E-state index contributed by atoms with van der Waals surface area (Å²) in [7, 11) is 1.70. The van der Waals surface area contributed by atoms with Crippen molar-refractivity contribution in [2.24, 2.45) is 46.3 Å². The minimum absolute atomic E-state index is 0.0213. The van der Waals surface area contributed by atoms with E-state index in [-0.39, 0.29) is 46.9 Å². The predicted molar refractivity (Wildman–Crippen MR) is 155 cm³/mol. The van der Waals surface area contributed by atoms with Crippen LogP contribution in [-0.4, -0.2) is 77.5 Å². The standard InChI is InChI=1S/C34H54O7/c1-19-18-41-29(20(19)2)30(36)33(5,37)26-16-21-8-9-23-27-24(11-13-32(26,4)34(21,27)38)31(3)12-10-22(17-25(31)28(23)35)40-15-7-14-39-6/h19-22,24-26,29-30,36-38H,7-18H2,1-6H3. The number of ketones is 1. The lowest BCUT2D eigenvalue weighted by Gasteiger charge is -2.63. The van der Waals surface area contributed by atoms with E-state index < -0.39 is 28.8 Å². The Labute approximate surface area is 246 Å². The van der Waals surface area contributed by atoms with Crippen LogP contribution in [0.1, 0.15) is 92.4 Å². The molecule has 232 valence electrons. The van der Waals surface area contributed by atoms with Crippen LogP contribution < -0.4 is 0 Å². The second-order valence-corrected chi connectivity index (χ2v) is 15.5. The molecule has 0 aromatic carbocycles. The summed E-state index contributed by atoms with van der Waals surface area (Å²) in [6.07, 6.45) is 5.91. The van der Waals surface area contributed by atoms with Gasteiger partial charge in [0.1, 0.15) is 6.10 Å². The Kier molecular flexibility index (Phi) is 7.64. The van der Waals surface area contributed by atoms with Crippen LogP contribution in [0.2, 0.25) is 0 Å². The van der Waals surface area contributed by atoms with Crippen LogP contribution in [0.4, 0.5) is 0 Å². The highest BCUT2D eigenvalue weighted by Crippen LogP contribution is 2.73. The number of aliphatic hydroxyl groups is 3. The summed E-state index contributed by atoms with van der Waals surface area (Å²) in [5, 5.41) is 36.8. The van der Waals surface area contributed by atoms with Gasteiger partial charge in [-0.2, -0.15) is 0 Å². The zero-order chi connectivity index (χ0) is 29.5. The summed E-state index contributed by atoms with van der Waals surface area (Å²) in [6, 6.07) is 0. The van der Waals surface area contributed by atoms with Gasteiger partial charge < -0.3 is 29.5 Å². The third-order valence-corrected chi connectivity index (χ3v) is 13.7. The number of aliphatic hydroxyl groups excluding tert-OH is 1. The van der Waals surface area contributed by atoms with Gasteiger partial charge in [-0.3, -0.25) is 4.79 Å². The minimum atomic E-state index is -1.41. The van der Waals surface area contributed by atoms with Gasteiger partial charge in [-0.15, -0.1) is 0 Å². The highest BCUT2D eigenvalue weighted by Gasteiger charge is 2.74. The maximum absolute atomic E-state index is 14.3. The number of methoxy groups -OCH3 is 1. The molecule has 0 amide bonds. The second kappa shape index (κ2) is 10.4. The van der Waals surface area contributed by atoms with Crippen molar-refractivity contribution in [3.05, 3.63) is 11.1 Å². The molecule has 7 heteroatoms. The van der Waals surface area contributed by atoms with Crippen molar-refractivity contribution in [2.45, 2.75) is 122 Å². The third kappa shape index (κ3) is 4.15. The second-order valence-electron chi connectivity index (χ2n) is 15.5. The molecule has 13 unspecified atom stereocenters. The van der Waals surface area contributed by atoms with Crippen molar-refractivity contribution in [1.29, 1.82) is 0 Å². The summed E-state index contributed by atoms with van der Waals surface area (Å²) < 4.78 is 17.4. The molecule has 1 aliphatic heterocycles. The van der Waals surface area contributed by atoms with Crippen molar-refractivity contribution in [3.63, 3.8) is 0 Å². The number of hydrogen-bond acceptors (Lipinski definition) is 7. The molecule has 1 saturated heterocycles. The molecule has 0 aromatic heterocycles. The Balaban J connectivity index is 1.31. The van der Waals surface area contributed by atoms with Crippen molar-refractivity contribution in [3.8, 4) is 0 Å². The number of fused-ring (bicyclic) bond motifs is 2. The average molecular weight is 575 g/mol. The Bertz CT molecular complexity index is 1070. The van der Waals surface area contributed by atoms with Gasteiger partial charge in [-0.05, 0) is 111 Å². The number of rotatable bonds is 8. The number of carbonyl (C=O) groups excluding carboxylic acids is 1. The van der Waals surface area contributed by atoms with E-state index in [2.05, 4.69) is 27.7 Å². The van der Waals surface area contributed by atoms with Crippen LogP contribution in [0, 0.1) is 46.3 Å². The van der Waals surface area contributed by atoms with Crippen molar-refractivity contribution in [1.82, 2.24) is 0 Å². The average Bonchev–Trinajstić information content (AvgIpc) is 3.39. The van der Waals surface area contributed by atoms with Crippen LogP contribution in [-0.2, 0) is 19.0 Å². The lowest BCUT2D eigenvalue weighted by atomic mass is 9.42. The molecule has 6 rings (SSSR count). The summed E-state index contributed by atoms with van der Waals surface area (Å²) >= 11 is 0. The van der Waals surface area contributed by atoms with Gasteiger partial charge in [0.15, 0.2) is 5.78 Å². The maximum atomic E-state index is 14.3. The van der Waals surface area contributed by atoms with Gasteiger partial charge in [0.2, 0.25) is 0 Å². The molecule has 6 aliphatic rings. The van der Waals surface area contributed by atoms with Crippen LogP contribution in [0.5, 0.6) is 0 Å². The van der Waals surface area contributed by atoms with E-state index >= 15 is 0 Å². The molecule has 1 heterocycles. The first kappa shape index (κ1) is 30.2. The van der Waals surface area contributed by atoms with E-state index in [1.54, 1.807) is 14.0 Å². The molecule has 7 nitrogen and oxygen atoms in total. The summed E-state index contributed by atoms with van der Waals surface area (Å²) in [4.78, 5) is 14.3. The molecule has 4 fully saturated rings. The topological polar surface area (TPSA) is 105 Å². The fourth-order valence-electron chi connectivity index (χ4n) is 11.0. The van der Waals surface area contributed by atoms with Gasteiger partial charge in [0, 0.05) is 38.3 Å². The maximum Gasteiger partial charge on any atom is 0.162 e. The zero-order valence-electron chi connectivity index (χ0n) is 26.2. The van der Waals surface area contributed by atoms with E-state index in [0.717, 1.165) is 56.1 Å². The van der Waals surface area contributed by atoms with Gasteiger partial charge in [-0.25, -0.2) is 0 Å². The number of allylic oxidation sites excluding steroid dienone is 1. The molecule has 13 atom stereocenters. The fraction of sp³-hybridized carbons (Fsp3) is 0.912. The Morgan fingerprint density at radius 2 is 1.85 bits per heavy atom. The normalized spacial score (nSPS) is 49.4. The highest BCUT2D eigenvalue weighted by atomic mass is 16.5. The molecule has 0 spiro atoms. The van der Waals surface area contributed by atoms with Crippen LogP contribution in [0.3, 0.4) is 0 Å². The van der Waals surface area contributed by atoms with Crippen molar-refractivity contribution in [2.75, 3.05) is 26.9 Å². The molecule has 3 saturated carbocycles. The minimum Gasteiger partial charge on any atom is -0.387 e. The summed E-state index contributed by atoms with van der Waals surface area (Å²) in [5.74, 6) is 0.492. The molecule has 0 aromatic rings. The molecule has 3 N–H and O–H groups in total. The van der Waals surface area contributed by atoms with Crippen LogP contribution >= 0.6 is 0 Å². The quantitative estimate of drug-likeness (QED) is 0.368. The first-order valence-electron chi connectivity index (χ1n) is 16.4. The van der Waals surface area contributed by atoms with Crippen LogP contribution in [0.15, 0.2) is 11.1 Å². The largest absolute Gasteiger partial charge is 0.387 e. The number of ether oxygens (including phenoxy) is 3. The molecule has 0 bridgehead atoms. The van der Waals surface area contributed by atoms with E-state index in [4.69, 9.17) is 14.2 Å². The SMILES string of the molecule is COCCCOC1CCC2(C)C(C1)C(=O)C1=C3C2CCC2(C)C(C(C)(O)C(O)C4OCC(C)C4C)CC(CC1)C32O. The Hall–Kier alpha value is -0.830. The zero-order valence-corrected chi connectivity index (χ0v) is 26.2. The molecular weight excluding hydrogens is 520 g/mol. The van der Waals surface area contributed by atoms with Gasteiger partial charge in [-0.1, -0.05) is 27.7 Å². The third-order valence-electron chi connectivity index (χ3n) is 13.7.